The van der Waals surface area contributed by atoms with Gasteiger partial charge in [-0.1, -0.05) is 12.1 Å². The van der Waals surface area contributed by atoms with Gasteiger partial charge in [0.25, 0.3) is 0 Å². The van der Waals surface area contributed by atoms with Gasteiger partial charge in [-0.2, -0.15) is 0 Å². The molecule has 4 nitrogen and oxygen atoms in total. The summed E-state index contributed by atoms with van der Waals surface area (Å²) in [6, 6.07) is 7.82. The van der Waals surface area contributed by atoms with E-state index in [0.717, 1.165) is 13.1 Å². The molecule has 0 aliphatic carbocycles. The topological polar surface area (TPSA) is 67.2 Å². The zero-order chi connectivity index (χ0) is 11.1. The second-order valence-corrected chi connectivity index (χ2v) is 4.34. The summed E-state index contributed by atoms with van der Waals surface area (Å²) in [6.07, 6.45) is 0. The summed E-state index contributed by atoms with van der Waals surface area (Å²) in [7, 11) is 0. The highest BCUT2D eigenvalue weighted by atomic mass is 127. The van der Waals surface area contributed by atoms with E-state index in [-0.39, 0.29) is 0 Å². The van der Waals surface area contributed by atoms with Gasteiger partial charge < -0.3 is 16.4 Å². The summed E-state index contributed by atoms with van der Waals surface area (Å²) in [4.78, 5) is 10.4. The van der Waals surface area contributed by atoms with E-state index in [1.54, 1.807) is 0 Å². The molecule has 4 N–H and O–H groups in total. The zero-order valence-electron chi connectivity index (χ0n) is 8.29. The molecule has 0 saturated heterocycles. The maximum atomic E-state index is 10.4. The number of carbonyl (C=O) groups is 1. The number of benzene rings is 1. The fraction of sp³-hybridized carbons (Fsp3) is 0.300. The highest BCUT2D eigenvalue weighted by Crippen LogP contribution is 2.05. The van der Waals surface area contributed by atoms with Crippen LogP contribution in [-0.4, -0.2) is 19.1 Å². The number of halogens is 1. The van der Waals surface area contributed by atoms with Gasteiger partial charge in [0.05, 0.1) is 0 Å². The number of amides is 2. The fourth-order valence-corrected chi connectivity index (χ4v) is 1.47. The average molecular weight is 319 g/mol. The molecule has 0 saturated carbocycles. The third-order valence-corrected chi connectivity index (χ3v) is 2.56. The Hall–Kier alpha value is -0.820. The Labute approximate surface area is 103 Å². The lowest BCUT2D eigenvalue weighted by Gasteiger charge is -2.05. The summed E-state index contributed by atoms with van der Waals surface area (Å²) in [6.45, 7) is 2.08. The maximum Gasteiger partial charge on any atom is 0.312 e. The molecule has 0 radical (unpaired) electrons. The molecule has 0 bridgehead atoms. The van der Waals surface area contributed by atoms with E-state index in [4.69, 9.17) is 5.73 Å². The molecule has 0 fully saturated rings. The van der Waals surface area contributed by atoms with Gasteiger partial charge in [-0.15, -0.1) is 0 Å². The van der Waals surface area contributed by atoms with Gasteiger partial charge in [-0.05, 0) is 40.3 Å². The van der Waals surface area contributed by atoms with Crippen molar-refractivity contribution in [1.82, 2.24) is 10.6 Å². The highest BCUT2D eigenvalue weighted by Gasteiger charge is 1.93. The van der Waals surface area contributed by atoms with Crippen molar-refractivity contribution < 1.29 is 4.79 Å². The first-order valence-corrected chi connectivity index (χ1v) is 5.75. The number of nitrogens with two attached hydrogens (primary N) is 1. The smallest absolute Gasteiger partial charge is 0.312 e. The van der Waals surface area contributed by atoms with E-state index in [1.165, 1.54) is 9.13 Å². The number of rotatable bonds is 5. The van der Waals surface area contributed by atoms with Crippen LogP contribution in [0.2, 0.25) is 0 Å². The first-order valence-electron chi connectivity index (χ1n) is 4.67. The molecule has 0 aliphatic heterocycles. The van der Waals surface area contributed by atoms with Gasteiger partial charge in [0.2, 0.25) is 0 Å². The minimum absolute atomic E-state index is 0.480. The molecule has 1 aromatic rings. The van der Waals surface area contributed by atoms with Crippen molar-refractivity contribution in [2.75, 3.05) is 13.1 Å². The Bertz CT molecular complexity index is 313. The van der Waals surface area contributed by atoms with Crippen molar-refractivity contribution in [2.24, 2.45) is 5.73 Å². The lowest BCUT2D eigenvalue weighted by Crippen LogP contribution is -2.35. The number of primary amides is 1. The Morgan fingerprint density at radius 2 is 1.93 bits per heavy atom. The van der Waals surface area contributed by atoms with E-state index in [1.807, 2.05) is 0 Å². The Balaban J connectivity index is 2.15. The fourth-order valence-electron chi connectivity index (χ4n) is 1.11. The molecule has 0 spiro atoms. The van der Waals surface area contributed by atoms with Crippen molar-refractivity contribution in [1.29, 1.82) is 0 Å². The number of hydrogen-bond acceptors (Lipinski definition) is 2. The SMILES string of the molecule is NC(=O)NCCNCc1ccc(I)cc1. The first-order chi connectivity index (χ1) is 7.18. The van der Waals surface area contributed by atoms with E-state index < -0.39 is 6.03 Å². The third kappa shape index (κ3) is 5.58. The van der Waals surface area contributed by atoms with Crippen LogP contribution in [0.4, 0.5) is 4.79 Å². The van der Waals surface area contributed by atoms with Crippen LogP contribution in [0.3, 0.4) is 0 Å². The van der Waals surface area contributed by atoms with Crippen LogP contribution in [0.15, 0.2) is 24.3 Å². The molecular weight excluding hydrogens is 305 g/mol. The lowest BCUT2D eigenvalue weighted by atomic mass is 10.2. The molecule has 5 heteroatoms. The molecule has 1 aromatic carbocycles. The van der Waals surface area contributed by atoms with Crippen LogP contribution in [0, 0.1) is 3.57 Å². The molecule has 0 heterocycles. The van der Waals surface area contributed by atoms with Crippen LogP contribution in [0.5, 0.6) is 0 Å². The minimum atomic E-state index is -0.480. The van der Waals surface area contributed by atoms with Crippen LogP contribution in [-0.2, 0) is 6.54 Å². The Morgan fingerprint density at radius 1 is 1.27 bits per heavy atom. The van der Waals surface area contributed by atoms with Crippen molar-refractivity contribution in [2.45, 2.75) is 6.54 Å². The van der Waals surface area contributed by atoms with Gasteiger partial charge in [0.15, 0.2) is 0 Å². The second kappa shape index (κ2) is 6.62. The Morgan fingerprint density at radius 3 is 2.53 bits per heavy atom. The summed E-state index contributed by atoms with van der Waals surface area (Å²) < 4.78 is 1.23. The molecule has 0 atom stereocenters. The minimum Gasteiger partial charge on any atom is -0.352 e. The Kier molecular flexibility index (Phi) is 5.41. The van der Waals surface area contributed by atoms with Gasteiger partial charge in [-0.25, -0.2) is 4.79 Å². The van der Waals surface area contributed by atoms with Crippen molar-refractivity contribution in [3.63, 3.8) is 0 Å². The molecule has 0 unspecified atom stereocenters. The third-order valence-electron chi connectivity index (χ3n) is 1.84. The van der Waals surface area contributed by atoms with Crippen molar-refractivity contribution in [3.8, 4) is 0 Å². The van der Waals surface area contributed by atoms with E-state index >= 15 is 0 Å². The quantitative estimate of drug-likeness (QED) is 0.561. The summed E-state index contributed by atoms with van der Waals surface area (Å²) >= 11 is 2.27. The number of carbonyl (C=O) groups excluding carboxylic acids is 1. The van der Waals surface area contributed by atoms with Gasteiger partial charge in [0, 0.05) is 23.2 Å². The van der Waals surface area contributed by atoms with Crippen molar-refractivity contribution >= 4 is 28.6 Å². The first kappa shape index (κ1) is 12.3. The summed E-state index contributed by atoms with van der Waals surface area (Å²) in [5.74, 6) is 0. The molecule has 2 amide bonds. The average Bonchev–Trinajstić information content (AvgIpc) is 2.20. The molecule has 15 heavy (non-hydrogen) atoms. The van der Waals surface area contributed by atoms with Crippen LogP contribution < -0.4 is 16.4 Å². The monoisotopic (exact) mass is 319 g/mol. The molecule has 0 aliphatic rings. The number of hydrogen-bond donors (Lipinski definition) is 3. The highest BCUT2D eigenvalue weighted by molar-refractivity contribution is 14.1. The van der Waals surface area contributed by atoms with Crippen LogP contribution >= 0.6 is 22.6 Å². The largest absolute Gasteiger partial charge is 0.352 e. The summed E-state index contributed by atoms with van der Waals surface area (Å²) in [5, 5.41) is 5.72. The molecular formula is C10H14IN3O. The molecule has 0 aromatic heterocycles. The van der Waals surface area contributed by atoms with Gasteiger partial charge >= 0.3 is 6.03 Å². The van der Waals surface area contributed by atoms with E-state index in [2.05, 4.69) is 57.5 Å². The number of nitrogens with one attached hydrogen (secondary N) is 2. The van der Waals surface area contributed by atoms with E-state index in [9.17, 15) is 4.79 Å². The van der Waals surface area contributed by atoms with Gasteiger partial charge in [-0.3, -0.25) is 0 Å². The molecule has 1 rings (SSSR count). The summed E-state index contributed by atoms with van der Waals surface area (Å²) in [5.41, 5.74) is 6.15. The number of urea groups is 1. The van der Waals surface area contributed by atoms with Crippen LogP contribution in [0.1, 0.15) is 5.56 Å². The predicted octanol–water partition coefficient (Wildman–Crippen LogP) is 1.05. The van der Waals surface area contributed by atoms with Crippen LogP contribution in [0.25, 0.3) is 0 Å². The zero-order valence-corrected chi connectivity index (χ0v) is 10.5. The van der Waals surface area contributed by atoms with E-state index in [0.29, 0.717) is 6.54 Å². The van der Waals surface area contributed by atoms with Gasteiger partial charge in [0.1, 0.15) is 0 Å². The predicted molar refractivity (Wildman–Crippen MR) is 68.5 cm³/mol. The second-order valence-electron chi connectivity index (χ2n) is 3.09. The standard InChI is InChI=1S/C10H14IN3O/c11-9-3-1-8(2-4-9)7-13-5-6-14-10(12)15/h1-4,13H,5-7H2,(H3,12,14,15). The van der Waals surface area contributed by atoms with Crippen molar-refractivity contribution in [3.05, 3.63) is 33.4 Å². The lowest BCUT2D eigenvalue weighted by molar-refractivity contribution is 0.249. The maximum absolute atomic E-state index is 10.4. The normalized spacial score (nSPS) is 9.93. The molecule has 82 valence electrons.